The summed E-state index contributed by atoms with van der Waals surface area (Å²) in [7, 11) is -2.21. The van der Waals surface area contributed by atoms with E-state index in [2.05, 4.69) is 46.4 Å². The third-order valence-electron chi connectivity index (χ3n) is 10.0. The van der Waals surface area contributed by atoms with Crippen LogP contribution in [0.15, 0.2) is 46.1 Å². The average Bonchev–Trinajstić information content (AvgIpc) is 3.89. The van der Waals surface area contributed by atoms with Crippen LogP contribution >= 0.6 is 11.3 Å². The van der Waals surface area contributed by atoms with Gasteiger partial charge in [0.2, 0.25) is 0 Å². The topological polar surface area (TPSA) is 142 Å². The van der Waals surface area contributed by atoms with Gasteiger partial charge in [-0.25, -0.2) is 13.4 Å². The molecule has 0 unspecified atom stereocenters. The van der Waals surface area contributed by atoms with Crippen LogP contribution in [-0.4, -0.2) is 59.6 Å². The summed E-state index contributed by atoms with van der Waals surface area (Å²) in [5.74, 6) is 1.34. The van der Waals surface area contributed by atoms with Crippen LogP contribution in [0.25, 0.3) is 32.0 Å². The molecule has 0 aromatic carbocycles. The minimum atomic E-state index is -3.69. The molecule has 1 saturated heterocycles. The number of nitrogens with zero attached hydrogens (tertiary/aromatic N) is 5. The lowest BCUT2D eigenvalue weighted by molar-refractivity contribution is 0.0639. The Morgan fingerprint density at radius 3 is 2.73 bits per heavy atom. The second-order valence-corrected chi connectivity index (χ2v) is 16.3. The molecular weight excluding hydrogens is 649 g/mol. The SMILES string of the molecule is COc1noc(-c2c(CCC3CCOCC3)nc3c(c2-c2cc4ccnc(N[C@H]5CCc6ncccc65)c4s2)S(=O)(=O)C[C@H]3C(C)C)n1. The lowest BCUT2D eigenvalue weighted by atomic mass is 9.89. The molecule has 7 heterocycles. The number of rotatable bonds is 9. The fraction of sp³-hybridized carbons (Fsp3) is 0.457. The molecule has 48 heavy (non-hydrogen) atoms. The van der Waals surface area contributed by atoms with Crippen LogP contribution in [0.5, 0.6) is 6.01 Å². The second-order valence-electron chi connectivity index (χ2n) is 13.3. The summed E-state index contributed by atoms with van der Waals surface area (Å²) >= 11 is 1.52. The van der Waals surface area contributed by atoms with Gasteiger partial charge in [0, 0.05) is 47.7 Å². The number of methoxy groups -OCH3 is 1. The van der Waals surface area contributed by atoms with Crippen molar-refractivity contribution < 1.29 is 22.4 Å². The number of fused-ring (bicyclic) bond motifs is 3. The predicted octanol–water partition coefficient (Wildman–Crippen LogP) is 6.80. The zero-order valence-corrected chi connectivity index (χ0v) is 28.9. The Morgan fingerprint density at radius 2 is 1.94 bits per heavy atom. The van der Waals surface area contributed by atoms with Crippen molar-refractivity contribution in [3.05, 3.63) is 59.3 Å². The van der Waals surface area contributed by atoms with E-state index in [4.69, 9.17) is 24.0 Å². The van der Waals surface area contributed by atoms with Crippen molar-refractivity contribution >= 4 is 37.1 Å². The zero-order chi connectivity index (χ0) is 33.0. The number of hydrogen-bond donors (Lipinski definition) is 1. The predicted molar refractivity (Wildman–Crippen MR) is 183 cm³/mol. The highest BCUT2D eigenvalue weighted by Gasteiger charge is 2.43. The first kappa shape index (κ1) is 31.3. The van der Waals surface area contributed by atoms with E-state index in [0.29, 0.717) is 29.2 Å². The highest BCUT2D eigenvalue weighted by molar-refractivity contribution is 7.92. The Labute approximate surface area is 283 Å². The molecule has 13 heteroatoms. The van der Waals surface area contributed by atoms with E-state index in [0.717, 1.165) is 77.5 Å². The number of sulfone groups is 1. The molecule has 0 saturated carbocycles. The molecule has 5 aromatic heterocycles. The monoisotopic (exact) mass is 686 g/mol. The molecule has 0 amide bonds. The number of aryl methyl sites for hydroxylation is 2. The standard InChI is InChI=1S/C35H38N6O5S2/c1-19(2)23-18-48(42,43)32-29(27-17-21-10-14-37-33(31(21)47-27)39-25-9-8-24-22(25)5-4-13-36-24)28(34-40-35(44-3)41-46-34)26(38-30(23)32)7-6-20-11-15-45-16-12-20/h4-5,10,13-14,17,19-20,23,25H,6-9,11-12,15-16,18H2,1-3H3,(H,37,39)/t23-,25-/m0/s1. The second kappa shape index (κ2) is 12.5. The van der Waals surface area contributed by atoms with Crippen LogP contribution in [0, 0.1) is 11.8 Å². The smallest absolute Gasteiger partial charge is 0.354 e. The molecule has 11 nitrogen and oxygen atoms in total. The van der Waals surface area contributed by atoms with Crippen molar-refractivity contribution in [1.29, 1.82) is 0 Å². The van der Waals surface area contributed by atoms with Crippen molar-refractivity contribution in [3.63, 3.8) is 0 Å². The molecule has 1 aliphatic carbocycles. The van der Waals surface area contributed by atoms with Gasteiger partial charge in [-0.05, 0) is 84.7 Å². The minimum absolute atomic E-state index is 0.0182. The molecule has 0 spiro atoms. The first-order chi connectivity index (χ1) is 23.3. The Balaban J connectivity index is 1.32. The van der Waals surface area contributed by atoms with Crippen LogP contribution in [0.3, 0.4) is 0 Å². The van der Waals surface area contributed by atoms with Crippen LogP contribution in [0.2, 0.25) is 0 Å². The summed E-state index contributed by atoms with van der Waals surface area (Å²) in [4.78, 5) is 20.1. The highest BCUT2D eigenvalue weighted by Crippen LogP contribution is 2.51. The third kappa shape index (κ3) is 5.55. The molecule has 1 fully saturated rings. The lowest BCUT2D eigenvalue weighted by Gasteiger charge is -2.23. The fourth-order valence-electron chi connectivity index (χ4n) is 7.45. The Hall–Kier alpha value is -3.94. The number of pyridine rings is 3. The largest absolute Gasteiger partial charge is 0.465 e. The Kier molecular flexibility index (Phi) is 8.16. The summed E-state index contributed by atoms with van der Waals surface area (Å²) in [6, 6.07) is 8.29. The number of hydrogen-bond acceptors (Lipinski definition) is 12. The molecule has 250 valence electrons. The van der Waals surface area contributed by atoms with Crippen LogP contribution < -0.4 is 10.1 Å². The van der Waals surface area contributed by atoms with Crippen molar-refractivity contribution in [3.8, 4) is 27.9 Å². The summed E-state index contributed by atoms with van der Waals surface area (Å²) < 4.78 is 46.0. The molecule has 2 atom stereocenters. The van der Waals surface area contributed by atoms with E-state index >= 15 is 0 Å². The summed E-state index contributed by atoms with van der Waals surface area (Å²) in [6.45, 7) is 5.64. The minimum Gasteiger partial charge on any atom is -0.465 e. The van der Waals surface area contributed by atoms with Crippen molar-refractivity contribution in [1.82, 2.24) is 25.1 Å². The quantitative estimate of drug-likeness (QED) is 0.175. The number of aromatic nitrogens is 5. The first-order valence-corrected chi connectivity index (χ1v) is 19.1. The van der Waals surface area contributed by atoms with Gasteiger partial charge in [-0.1, -0.05) is 19.9 Å². The van der Waals surface area contributed by atoms with Crippen LogP contribution in [0.1, 0.15) is 74.1 Å². The van der Waals surface area contributed by atoms with Gasteiger partial charge in [-0.3, -0.25) is 9.97 Å². The molecule has 5 aromatic rings. The zero-order valence-electron chi connectivity index (χ0n) is 27.2. The van der Waals surface area contributed by atoms with E-state index < -0.39 is 9.84 Å². The molecule has 0 bridgehead atoms. The van der Waals surface area contributed by atoms with E-state index in [9.17, 15) is 8.42 Å². The fourth-order valence-corrected chi connectivity index (χ4v) is 10.9. The van der Waals surface area contributed by atoms with Gasteiger partial charge in [0.25, 0.3) is 5.89 Å². The summed E-state index contributed by atoms with van der Waals surface area (Å²) in [5, 5.41) is 8.67. The van der Waals surface area contributed by atoms with Gasteiger partial charge in [-0.15, -0.1) is 11.3 Å². The van der Waals surface area contributed by atoms with E-state index in [1.807, 2.05) is 18.3 Å². The summed E-state index contributed by atoms with van der Waals surface area (Å²) in [6.07, 6.45) is 8.99. The van der Waals surface area contributed by atoms with Gasteiger partial charge in [-0.2, -0.15) is 4.98 Å². The van der Waals surface area contributed by atoms with E-state index in [1.54, 1.807) is 6.20 Å². The molecular formula is C35H38N6O5S2. The molecule has 2 aliphatic heterocycles. The Bertz CT molecular complexity index is 2100. The van der Waals surface area contributed by atoms with Gasteiger partial charge in [0.15, 0.2) is 9.84 Å². The first-order valence-electron chi connectivity index (χ1n) is 16.6. The molecule has 0 radical (unpaired) electrons. The molecule has 8 rings (SSSR count). The lowest BCUT2D eigenvalue weighted by Crippen LogP contribution is -2.17. The van der Waals surface area contributed by atoms with Crippen molar-refractivity contribution in [2.75, 3.05) is 31.4 Å². The highest BCUT2D eigenvalue weighted by atomic mass is 32.2. The number of thiophene rings is 1. The maximum absolute atomic E-state index is 14.2. The number of anilines is 1. The van der Waals surface area contributed by atoms with Gasteiger partial charge >= 0.3 is 6.01 Å². The van der Waals surface area contributed by atoms with Crippen molar-refractivity contribution in [2.24, 2.45) is 11.8 Å². The van der Waals surface area contributed by atoms with Crippen LogP contribution in [0.4, 0.5) is 5.82 Å². The van der Waals surface area contributed by atoms with Gasteiger partial charge in [0.05, 0.1) is 45.5 Å². The summed E-state index contributed by atoms with van der Waals surface area (Å²) in [5.41, 5.74) is 4.86. The van der Waals surface area contributed by atoms with Crippen molar-refractivity contribution in [2.45, 2.75) is 69.2 Å². The van der Waals surface area contributed by atoms with E-state index in [1.165, 1.54) is 24.0 Å². The maximum Gasteiger partial charge on any atom is 0.354 e. The average molecular weight is 687 g/mol. The molecule has 1 N–H and O–H groups in total. The van der Waals surface area contributed by atoms with Crippen LogP contribution in [-0.2, 0) is 27.4 Å². The van der Waals surface area contributed by atoms with Gasteiger partial charge < -0.3 is 19.3 Å². The number of ether oxygens (including phenoxy) is 2. The number of nitrogens with one attached hydrogen (secondary N) is 1. The molecule has 3 aliphatic rings. The Morgan fingerprint density at radius 1 is 1.08 bits per heavy atom. The normalized spacial score (nSPS) is 20.3. The maximum atomic E-state index is 14.2. The van der Waals surface area contributed by atoms with Gasteiger partial charge in [0.1, 0.15) is 5.82 Å². The third-order valence-corrected chi connectivity index (χ3v) is 13.0. The van der Waals surface area contributed by atoms with E-state index in [-0.39, 0.29) is 40.4 Å².